The second-order valence-electron chi connectivity index (χ2n) is 10.9. The molecule has 0 bridgehead atoms. The quantitative estimate of drug-likeness (QED) is 0.257. The number of urea groups is 1. The van der Waals surface area contributed by atoms with Crippen LogP contribution in [0.4, 0.5) is 29.6 Å². The smallest absolute Gasteiger partial charge is 0.423 e. The molecule has 0 unspecified atom stereocenters. The van der Waals surface area contributed by atoms with E-state index in [4.69, 9.17) is 14.2 Å². The van der Waals surface area contributed by atoms with E-state index >= 15 is 0 Å². The van der Waals surface area contributed by atoms with Gasteiger partial charge in [-0.1, -0.05) is 30.3 Å². The minimum atomic E-state index is -4.66. The van der Waals surface area contributed by atoms with Gasteiger partial charge in [0.15, 0.2) is 0 Å². The molecule has 3 aromatic heterocycles. The minimum Gasteiger partial charge on any atom is -0.469 e. The number of alkyl halides is 3. The molecule has 0 atom stereocenters. The summed E-state index contributed by atoms with van der Waals surface area (Å²) < 4.78 is 57.7. The van der Waals surface area contributed by atoms with Gasteiger partial charge in [-0.3, -0.25) is 4.90 Å². The van der Waals surface area contributed by atoms with Crippen LogP contribution < -0.4 is 25.0 Å². The van der Waals surface area contributed by atoms with E-state index in [0.717, 1.165) is 11.8 Å². The van der Waals surface area contributed by atoms with E-state index in [9.17, 15) is 18.0 Å². The van der Waals surface area contributed by atoms with Crippen molar-refractivity contribution in [1.82, 2.24) is 35.0 Å². The number of methoxy groups -OCH3 is 1. The number of hydrogen-bond acceptors (Lipinski definition) is 10. The summed E-state index contributed by atoms with van der Waals surface area (Å²) in [5.74, 6) is -0.473. The molecule has 2 amide bonds. The van der Waals surface area contributed by atoms with Crippen LogP contribution in [0, 0.1) is 0 Å². The second-order valence-corrected chi connectivity index (χ2v) is 10.9. The number of carbonyl (C=O) groups is 1. The first-order valence-corrected chi connectivity index (χ1v) is 14.7. The molecule has 1 saturated heterocycles. The van der Waals surface area contributed by atoms with E-state index in [-0.39, 0.29) is 43.3 Å². The molecule has 16 heteroatoms. The Labute approximate surface area is 262 Å². The highest BCUT2D eigenvalue weighted by molar-refractivity contribution is 5.92. The molecule has 46 heavy (non-hydrogen) atoms. The molecule has 6 rings (SSSR count). The highest BCUT2D eigenvalue weighted by Gasteiger charge is 2.38. The summed E-state index contributed by atoms with van der Waals surface area (Å²) in [4.78, 5) is 31.6. The maximum atomic E-state index is 13.7. The predicted molar refractivity (Wildman–Crippen MR) is 159 cm³/mol. The number of hydrogen-bond donors (Lipinski definition) is 2. The fourth-order valence-corrected chi connectivity index (χ4v) is 5.29. The van der Waals surface area contributed by atoms with Gasteiger partial charge in [-0.15, -0.1) is 0 Å². The lowest BCUT2D eigenvalue weighted by Crippen LogP contribution is -2.48. The molecule has 2 fully saturated rings. The number of carbonyl (C=O) groups excluding carboxylic acids is 1. The number of nitrogens with one attached hydrogen (secondary N) is 2. The maximum absolute atomic E-state index is 13.7. The monoisotopic (exact) mass is 639 g/mol. The van der Waals surface area contributed by atoms with Gasteiger partial charge >= 0.3 is 18.2 Å². The van der Waals surface area contributed by atoms with E-state index in [1.165, 1.54) is 7.11 Å². The summed E-state index contributed by atoms with van der Waals surface area (Å²) in [6.45, 7) is 0.753. The van der Waals surface area contributed by atoms with E-state index in [0.29, 0.717) is 43.6 Å². The molecule has 1 aliphatic carbocycles. The van der Waals surface area contributed by atoms with Crippen molar-refractivity contribution in [2.75, 3.05) is 30.5 Å². The Hall–Kier alpha value is -4.99. The fraction of sp³-hybridized carbons (Fsp3) is 0.400. The molecule has 0 radical (unpaired) electrons. The average molecular weight is 640 g/mol. The number of halogens is 3. The van der Waals surface area contributed by atoms with Crippen LogP contribution in [0.5, 0.6) is 11.9 Å². The Morgan fingerprint density at radius 1 is 1.04 bits per heavy atom. The number of benzene rings is 1. The molecule has 1 saturated carbocycles. The number of amides is 2. The van der Waals surface area contributed by atoms with Crippen LogP contribution in [0.15, 0.2) is 61.3 Å². The molecule has 242 valence electrons. The van der Waals surface area contributed by atoms with Gasteiger partial charge in [0, 0.05) is 24.8 Å². The third-order valence-corrected chi connectivity index (χ3v) is 7.75. The molecule has 13 nitrogen and oxygen atoms in total. The predicted octanol–water partition coefficient (Wildman–Crippen LogP) is 4.40. The van der Waals surface area contributed by atoms with Gasteiger partial charge in [-0.05, 0) is 31.2 Å². The van der Waals surface area contributed by atoms with Crippen molar-refractivity contribution in [1.29, 1.82) is 0 Å². The molecule has 4 heterocycles. The number of ether oxygens (including phenoxy) is 3. The Morgan fingerprint density at radius 2 is 1.78 bits per heavy atom. The number of nitrogens with zero attached hydrogens (tertiary/aromatic N) is 7. The summed E-state index contributed by atoms with van der Waals surface area (Å²) in [5, 5.41) is 10.6. The lowest BCUT2D eigenvalue weighted by atomic mass is 9.90. The third kappa shape index (κ3) is 7.28. The highest BCUT2D eigenvalue weighted by Crippen LogP contribution is 2.36. The van der Waals surface area contributed by atoms with Crippen LogP contribution in [-0.4, -0.2) is 74.3 Å². The Kier molecular flexibility index (Phi) is 9.14. The van der Waals surface area contributed by atoms with Crippen LogP contribution in [0.25, 0.3) is 5.69 Å². The van der Waals surface area contributed by atoms with E-state index < -0.39 is 23.7 Å². The zero-order chi connectivity index (χ0) is 32.1. The Bertz CT molecular complexity index is 1610. The first kappa shape index (κ1) is 31.0. The van der Waals surface area contributed by atoms with Gasteiger partial charge in [0.1, 0.15) is 17.4 Å². The SMILES string of the molecule is COc1ncc(-n2cc(N(C(=O)NCc3ccccc3)C3CCC(Nc4ncc(C(F)(F)F)c(OC5COC5)n4)CC3)cn2)cn1. The summed E-state index contributed by atoms with van der Waals surface area (Å²) in [6, 6.07) is 9.24. The standard InChI is InChI=1S/C30H32F3N9O4/c1-44-28-35-12-22(13-36-28)41-16-23(14-38-41)42(29(43)37-11-19-5-3-2-4-6-19)21-9-7-20(8-10-21)39-27-34-15-25(30(31,32)33)26(40-27)46-24-17-45-18-24/h2-6,12-16,20-21,24H,7-11,17-18H2,1H3,(H,37,43)(H,34,39,40). The summed E-state index contributed by atoms with van der Waals surface area (Å²) in [6.07, 6.45) is 4.53. The van der Waals surface area contributed by atoms with Gasteiger partial charge < -0.3 is 24.8 Å². The third-order valence-electron chi connectivity index (χ3n) is 7.75. The van der Waals surface area contributed by atoms with Crippen LogP contribution in [0.1, 0.15) is 36.8 Å². The van der Waals surface area contributed by atoms with Gasteiger partial charge in [-0.2, -0.15) is 23.3 Å². The van der Waals surface area contributed by atoms with Crippen LogP contribution in [-0.2, 0) is 17.5 Å². The molecule has 0 spiro atoms. The van der Waals surface area contributed by atoms with E-state index in [2.05, 4.69) is 35.7 Å². The number of aromatic nitrogens is 6. The first-order chi connectivity index (χ1) is 22.3. The molecule has 2 aliphatic rings. The summed E-state index contributed by atoms with van der Waals surface area (Å²) >= 11 is 0. The van der Waals surface area contributed by atoms with Crippen LogP contribution in [0.3, 0.4) is 0 Å². The van der Waals surface area contributed by atoms with Crippen molar-refractivity contribution in [3.63, 3.8) is 0 Å². The number of anilines is 2. The molecule has 1 aliphatic heterocycles. The fourth-order valence-electron chi connectivity index (χ4n) is 5.29. The van der Waals surface area contributed by atoms with Crippen molar-refractivity contribution in [3.8, 4) is 17.6 Å². The van der Waals surface area contributed by atoms with Gasteiger partial charge in [0.05, 0.1) is 50.8 Å². The Balaban J connectivity index is 1.16. The van der Waals surface area contributed by atoms with Crippen molar-refractivity contribution >= 4 is 17.7 Å². The summed E-state index contributed by atoms with van der Waals surface area (Å²) in [7, 11) is 1.48. The van der Waals surface area contributed by atoms with Gasteiger partial charge in [0.25, 0.3) is 0 Å². The van der Waals surface area contributed by atoms with Gasteiger partial charge in [0.2, 0.25) is 11.8 Å². The molecular formula is C30H32F3N9O4. The Morgan fingerprint density at radius 3 is 2.43 bits per heavy atom. The lowest BCUT2D eigenvalue weighted by molar-refractivity contribution is -0.142. The first-order valence-electron chi connectivity index (χ1n) is 14.7. The van der Waals surface area contributed by atoms with Crippen molar-refractivity contribution < 1.29 is 32.2 Å². The van der Waals surface area contributed by atoms with Crippen LogP contribution in [0.2, 0.25) is 0 Å². The molecular weight excluding hydrogens is 607 g/mol. The normalized spacial score (nSPS) is 18.3. The van der Waals surface area contributed by atoms with Crippen molar-refractivity contribution in [3.05, 3.63) is 72.4 Å². The molecule has 2 N–H and O–H groups in total. The van der Waals surface area contributed by atoms with Crippen molar-refractivity contribution in [2.24, 2.45) is 0 Å². The highest BCUT2D eigenvalue weighted by atomic mass is 19.4. The zero-order valence-electron chi connectivity index (χ0n) is 24.9. The topological polar surface area (TPSA) is 141 Å². The lowest BCUT2D eigenvalue weighted by Gasteiger charge is -2.36. The average Bonchev–Trinajstić information content (AvgIpc) is 3.52. The molecule has 1 aromatic carbocycles. The van der Waals surface area contributed by atoms with E-state index in [1.807, 2.05) is 30.3 Å². The number of rotatable bonds is 10. The second kappa shape index (κ2) is 13.6. The molecule has 4 aromatic rings. The van der Waals surface area contributed by atoms with Crippen molar-refractivity contribution in [2.45, 2.75) is 56.6 Å². The van der Waals surface area contributed by atoms with E-state index in [1.54, 1.807) is 34.4 Å². The minimum absolute atomic E-state index is 0.0483. The van der Waals surface area contributed by atoms with Gasteiger partial charge in [-0.25, -0.2) is 24.4 Å². The zero-order valence-corrected chi connectivity index (χ0v) is 24.9. The largest absolute Gasteiger partial charge is 0.469 e. The maximum Gasteiger partial charge on any atom is 0.423 e. The van der Waals surface area contributed by atoms with Crippen LogP contribution >= 0.6 is 0 Å². The summed E-state index contributed by atoms with van der Waals surface area (Å²) in [5.41, 5.74) is 1.10.